The van der Waals surface area contributed by atoms with E-state index in [-0.39, 0.29) is 0 Å². The molecule has 18 heavy (non-hydrogen) atoms. The van der Waals surface area contributed by atoms with Crippen LogP contribution in [-0.2, 0) is 0 Å². The molecule has 2 rings (SSSR count). The molecular weight excluding hydrogens is 220 g/mol. The first kappa shape index (κ1) is 12.9. The molecule has 2 heteroatoms. The van der Waals surface area contributed by atoms with Crippen LogP contribution in [0.25, 0.3) is 5.57 Å². The Hall–Kier alpha value is -1.57. The third-order valence-electron chi connectivity index (χ3n) is 3.81. The summed E-state index contributed by atoms with van der Waals surface area (Å²) in [6.45, 7) is 8.65. The fourth-order valence-electron chi connectivity index (χ4n) is 3.26. The molecule has 0 heterocycles. The van der Waals surface area contributed by atoms with Crippen molar-refractivity contribution in [3.63, 3.8) is 0 Å². The quantitative estimate of drug-likeness (QED) is 0.715. The molecule has 0 aliphatic heterocycles. The van der Waals surface area contributed by atoms with Crippen LogP contribution in [0.1, 0.15) is 43.4 Å². The minimum atomic E-state index is 0.437. The third-order valence-corrected chi connectivity index (χ3v) is 3.81. The van der Waals surface area contributed by atoms with Gasteiger partial charge in [0.05, 0.1) is 0 Å². The lowest BCUT2D eigenvalue weighted by Gasteiger charge is -2.28. The van der Waals surface area contributed by atoms with E-state index in [4.69, 9.17) is 11.1 Å². The van der Waals surface area contributed by atoms with Gasteiger partial charge in [-0.15, -0.1) is 0 Å². The number of rotatable bonds is 1. The summed E-state index contributed by atoms with van der Waals surface area (Å²) in [5.74, 6) is 0.437. The van der Waals surface area contributed by atoms with Crippen molar-refractivity contribution >= 4 is 17.0 Å². The fraction of sp³-hybridized carbons (Fsp3) is 0.438. The van der Waals surface area contributed by atoms with Gasteiger partial charge in [0.25, 0.3) is 0 Å². The second-order valence-electron chi connectivity index (χ2n) is 5.61. The molecule has 0 aromatic heterocycles. The number of anilines is 1. The van der Waals surface area contributed by atoms with Crippen LogP contribution in [0.2, 0.25) is 0 Å². The first-order valence-electron chi connectivity index (χ1n) is 6.53. The number of aryl methyl sites for hydroxylation is 2. The summed E-state index contributed by atoms with van der Waals surface area (Å²) in [4.78, 5) is 0. The lowest BCUT2D eigenvalue weighted by Crippen LogP contribution is -2.16. The van der Waals surface area contributed by atoms with Crippen molar-refractivity contribution < 1.29 is 0 Å². The van der Waals surface area contributed by atoms with E-state index in [1.807, 2.05) is 0 Å². The van der Waals surface area contributed by atoms with Crippen LogP contribution < -0.4 is 5.73 Å². The van der Waals surface area contributed by atoms with Gasteiger partial charge in [-0.1, -0.05) is 12.5 Å². The Balaban J connectivity index is 2.61. The molecule has 0 bridgehead atoms. The van der Waals surface area contributed by atoms with Crippen molar-refractivity contribution in [2.24, 2.45) is 5.92 Å². The van der Waals surface area contributed by atoms with E-state index in [0.29, 0.717) is 5.92 Å². The molecule has 1 unspecified atom stereocenters. The Bertz CT molecular complexity index is 515. The van der Waals surface area contributed by atoms with E-state index in [1.165, 1.54) is 27.8 Å². The highest BCUT2D eigenvalue weighted by atomic mass is 14.5. The minimum absolute atomic E-state index is 0.437. The van der Waals surface area contributed by atoms with Crippen LogP contribution >= 0.6 is 0 Å². The Morgan fingerprint density at radius 1 is 1.17 bits per heavy atom. The predicted octanol–water partition coefficient (Wildman–Crippen LogP) is 4.11. The van der Waals surface area contributed by atoms with Crippen LogP contribution in [0, 0.1) is 25.2 Å². The van der Waals surface area contributed by atoms with Gasteiger partial charge < -0.3 is 11.1 Å². The molecule has 0 fully saturated rings. The van der Waals surface area contributed by atoms with Gasteiger partial charge in [0, 0.05) is 17.8 Å². The van der Waals surface area contributed by atoms with Crippen molar-refractivity contribution in [2.45, 2.75) is 40.5 Å². The van der Waals surface area contributed by atoms with E-state index in [1.54, 1.807) is 0 Å². The highest BCUT2D eigenvalue weighted by Crippen LogP contribution is 2.38. The first-order valence-corrected chi connectivity index (χ1v) is 6.53. The number of benzene rings is 1. The molecule has 0 saturated carbocycles. The largest absolute Gasteiger partial charge is 0.399 e. The predicted molar refractivity (Wildman–Crippen MR) is 79.0 cm³/mol. The number of nitrogen functional groups attached to an aromatic ring is 1. The van der Waals surface area contributed by atoms with Gasteiger partial charge in [-0.3, -0.25) is 0 Å². The van der Waals surface area contributed by atoms with Gasteiger partial charge in [0.15, 0.2) is 0 Å². The van der Waals surface area contributed by atoms with Gasteiger partial charge in [0.2, 0.25) is 0 Å². The summed E-state index contributed by atoms with van der Waals surface area (Å²) in [5.41, 5.74) is 14.2. The summed E-state index contributed by atoms with van der Waals surface area (Å²) in [6, 6.07) is 4.10. The van der Waals surface area contributed by atoms with Crippen LogP contribution in [0.4, 0.5) is 5.69 Å². The van der Waals surface area contributed by atoms with Crippen molar-refractivity contribution in [3.8, 4) is 0 Å². The Labute approximate surface area is 109 Å². The van der Waals surface area contributed by atoms with Crippen LogP contribution in [0.5, 0.6) is 0 Å². The molecule has 96 valence electrons. The van der Waals surface area contributed by atoms with E-state index >= 15 is 0 Å². The maximum absolute atomic E-state index is 7.89. The SMILES string of the molecule is CC1=C(c2c(C)cc(N)cc2C)C(C)CC(=N)C1. The Kier molecular flexibility index (Phi) is 3.29. The van der Waals surface area contributed by atoms with Gasteiger partial charge in [0.1, 0.15) is 0 Å². The fourth-order valence-corrected chi connectivity index (χ4v) is 3.26. The average Bonchev–Trinajstić information content (AvgIpc) is 2.20. The Morgan fingerprint density at radius 2 is 1.72 bits per heavy atom. The summed E-state index contributed by atoms with van der Waals surface area (Å²) in [5, 5.41) is 7.89. The third kappa shape index (κ3) is 2.20. The first-order chi connectivity index (χ1) is 8.40. The molecule has 1 aliphatic carbocycles. The molecule has 0 saturated heterocycles. The molecule has 0 spiro atoms. The number of hydrogen-bond donors (Lipinski definition) is 2. The highest BCUT2D eigenvalue weighted by Gasteiger charge is 2.23. The van der Waals surface area contributed by atoms with Gasteiger partial charge in [-0.25, -0.2) is 0 Å². The normalized spacial score (nSPS) is 20.4. The zero-order valence-corrected chi connectivity index (χ0v) is 11.7. The maximum Gasteiger partial charge on any atom is 0.0319 e. The van der Waals surface area contributed by atoms with Gasteiger partial charge >= 0.3 is 0 Å². The van der Waals surface area contributed by atoms with Crippen LogP contribution in [0.3, 0.4) is 0 Å². The van der Waals surface area contributed by atoms with E-state index in [2.05, 4.69) is 39.8 Å². The highest BCUT2D eigenvalue weighted by molar-refractivity contribution is 5.92. The molecule has 0 amide bonds. The van der Waals surface area contributed by atoms with Gasteiger partial charge in [-0.05, 0) is 67.5 Å². The average molecular weight is 242 g/mol. The minimum Gasteiger partial charge on any atom is -0.399 e. The second kappa shape index (κ2) is 4.60. The zero-order chi connectivity index (χ0) is 13.4. The number of nitrogens with one attached hydrogen (secondary N) is 1. The molecule has 1 aromatic rings. The lowest BCUT2D eigenvalue weighted by atomic mass is 9.77. The zero-order valence-electron chi connectivity index (χ0n) is 11.7. The molecule has 0 radical (unpaired) electrons. The van der Waals surface area contributed by atoms with Gasteiger partial charge in [-0.2, -0.15) is 0 Å². The molecule has 1 atom stereocenters. The molecule has 3 N–H and O–H groups in total. The molecular formula is C16H22N2. The van der Waals surface area contributed by atoms with Crippen LogP contribution in [0.15, 0.2) is 17.7 Å². The monoisotopic (exact) mass is 242 g/mol. The molecule has 1 aromatic carbocycles. The number of hydrogen-bond acceptors (Lipinski definition) is 2. The summed E-state index contributed by atoms with van der Waals surface area (Å²) < 4.78 is 0. The summed E-state index contributed by atoms with van der Waals surface area (Å²) >= 11 is 0. The van der Waals surface area contributed by atoms with Crippen molar-refractivity contribution in [1.82, 2.24) is 0 Å². The molecule has 2 nitrogen and oxygen atoms in total. The lowest BCUT2D eigenvalue weighted by molar-refractivity contribution is 0.750. The summed E-state index contributed by atoms with van der Waals surface area (Å²) in [6.07, 6.45) is 1.71. The maximum atomic E-state index is 7.89. The molecule has 1 aliphatic rings. The number of nitrogens with two attached hydrogens (primary N) is 1. The van der Waals surface area contributed by atoms with Crippen molar-refractivity contribution in [3.05, 3.63) is 34.4 Å². The van der Waals surface area contributed by atoms with E-state index in [9.17, 15) is 0 Å². The van der Waals surface area contributed by atoms with Crippen LogP contribution in [-0.4, -0.2) is 5.71 Å². The smallest absolute Gasteiger partial charge is 0.0319 e. The van der Waals surface area contributed by atoms with E-state index < -0.39 is 0 Å². The van der Waals surface area contributed by atoms with Crippen molar-refractivity contribution in [2.75, 3.05) is 5.73 Å². The van der Waals surface area contributed by atoms with E-state index in [0.717, 1.165) is 24.2 Å². The standard InChI is InChI=1S/C16H22N2/c1-9-5-13(17)6-10(2)15(9)16-11(3)7-14(18)8-12(16)4/h5-6,11,18H,7-8,17H2,1-4H3. The Morgan fingerprint density at radius 3 is 2.22 bits per heavy atom. The number of allylic oxidation sites excluding steroid dienone is 2. The van der Waals surface area contributed by atoms with Crippen molar-refractivity contribution in [1.29, 1.82) is 5.41 Å². The topological polar surface area (TPSA) is 49.9 Å². The second-order valence-corrected chi connectivity index (χ2v) is 5.61. The summed E-state index contributed by atoms with van der Waals surface area (Å²) in [7, 11) is 0.